The molecule has 0 heterocycles. The molecule has 1 amide bonds. The molecule has 28 heavy (non-hydrogen) atoms. The van der Waals surface area contributed by atoms with E-state index in [9.17, 15) is 18.0 Å². The second-order valence-corrected chi connectivity index (χ2v) is 8.03. The first-order chi connectivity index (χ1) is 13.2. The van der Waals surface area contributed by atoms with Gasteiger partial charge in [0.05, 0.1) is 29.7 Å². The molecule has 0 aliphatic heterocycles. The van der Waals surface area contributed by atoms with Crippen molar-refractivity contribution in [1.82, 2.24) is 0 Å². The Balaban J connectivity index is 2.04. The zero-order valence-corrected chi connectivity index (χ0v) is 16.9. The molecule has 0 fully saturated rings. The summed E-state index contributed by atoms with van der Waals surface area (Å²) in [6, 6.07) is 8.40. The highest BCUT2D eigenvalue weighted by atomic mass is 35.5. The summed E-state index contributed by atoms with van der Waals surface area (Å²) in [4.78, 5) is 24.1. The third kappa shape index (κ3) is 5.37. The van der Waals surface area contributed by atoms with Crippen molar-refractivity contribution in [2.45, 2.75) is 4.90 Å². The standard InChI is InChI=1S/C18H18ClNO7S/c1-25-15-7-4-11(8-16(15)26-2)20-17(21)10-27-18(22)13-9-12(28(3,23)24)5-6-14(13)19/h4-9H,10H2,1-3H3,(H,20,21). The van der Waals surface area contributed by atoms with Gasteiger partial charge < -0.3 is 19.5 Å². The SMILES string of the molecule is COc1ccc(NC(=O)COC(=O)c2cc(S(C)(=O)=O)ccc2Cl)cc1OC. The fourth-order valence-electron chi connectivity index (χ4n) is 2.21. The highest BCUT2D eigenvalue weighted by molar-refractivity contribution is 7.90. The highest BCUT2D eigenvalue weighted by Crippen LogP contribution is 2.29. The molecule has 8 nitrogen and oxygen atoms in total. The van der Waals surface area contributed by atoms with Crippen LogP contribution in [-0.4, -0.2) is 47.4 Å². The van der Waals surface area contributed by atoms with Crippen LogP contribution >= 0.6 is 11.6 Å². The van der Waals surface area contributed by atoms with E-state index in [2.05, 4.69) is 5.32 Å². The monoisotopic (exact) mass is 427 g/mol. The van der Waals surface area contributed by atoms with E-state index in [0.717, 1.165) is 12.3 Å². The fourth-order valence-corrected chi connectivity index (χ4v) is 3.05. The second kappa shape index (κ2) is 8.94. The van der Waals surface area contributed by atoms with Crippen LogP contribution in [0.1, 0.15) is 10.4 Å². The van der Waals surface area contributed by atoms with E-state index in [-0.39, 0.29) is 15.5 Å². The van der Waals surface area contributed by atoms with Crippen molar-refractivity contribution in [2.75, 3.05) is 32.4 Å². The summed E-state index contributed by atoms with van der Waals surface area (Å²) in [5, 5.41) is 2.56. The highest BCUT2D eigenvalue weighted by Gasteiger charge is 2.18. The van der Waals surface area contributed by atoms with Gasteiger partial charge in [-0.05, 0) is 30.3 Å². The summed E-state index contributed by atoms with van der Waals surface area (Å²) in [5.41, 5.74) is 0.263. The fraction of sp³-hybridized carbons (Fsp3) is 0.222. The topological polar surface area (TPSA) is 108 Å². The minimum atomic E-state index is -3.53. The van der Waals surface area contributed by atoms with Crippen molar-refractivity contribution in [1.29, 1.82) is 0 Å². The number of rotatable bonds is 7. The first-order valence-corrected chi connectivity index (χ1v) is 10.1. The number of amides is 1. The quantitative estimate of drug-likeness (QED) is 0.676. The Bertz CT molecular complexity index is 1000. The van der Waals surface area contributed by atoms with E-state index < -0.39 is 28.3 Å². The van der Waals surface area contributed by atoms with Gasteiger partial charge in [0, 0.05) is 18.0 Å². The lowest BCUT2D eigenvalue weighted by Crippen LogP contribution is -2.21. The third-order valence-electron chi connectivity index (χ3n) is 3.59. The van der Waals surface area contributed by atoms with Crippen molar-refractivity contribution in [3.63, 3.8) is 0 Å². The Labute approximate surface area is 167 Å². The molecule has 10 heteroatoms. The summed E-state index contributed by atoms with van der Waals surface area (Å²) in [6.45, 7) is -0.591. The van der Waals surface area contributed by atoms with Crippen molar-refractivity contribution < 1.29 is 32.2 Å². The molecule has 2 aromatic rings. The van der Waals surface area contributed by atoms with Crippen LogP contribution in [0.2, 0.25) is 5.02 Å². The molecule has 0 bridgehead atoms. The predicted octanol–water partition coefficient (Wildman–Crippen LogP) is 2.56. The summed E-state index contributed by atoms with van der Waals surface area (Å²) in [7, 11) is -0.584. The second-order valence-electron chi connectivity index (χ2n) is 5.61. The summed E-state index contributed by atoms with van der Waals surface area (Å²) in [5.74, 6) is -0.608. The number of carbonyl (C=O) groups is 2. The number of hydrogen-bond acceptors (Lipinski definition) is 7. The lowest BCUT2D eigenvalue weighted by atomic mass is 10.2. The molecule has 0 saturated carbocycles. The molecule has 0 aliphatic rings. The van der Waals surface area contributed by atoms with Crippen LogP contribution in [0.15, 0.2) is 41.3 Å². The third-order valence-corrected chi connectivity index (χ3v) is 5.03. The van der Waals surface area contributed by atoms with Gasteiger partial charge in [-0.25, -0.2) is 13.2 Å². The minimum Gasteiger partial charge on any atom is -0.493 e. The Morgan fingerprint density at radius 3 is 2.32 bits per heavy atom. The number of ether oxygens (including phenoxy) is 3. The summed E-state index contributed by atoms with van der Waals surface area (Å²) >= 11 is 5.93. The largest absolute Gasteiger partial charge is 0.493 e. The lowest BCUT2D eigenvalue weighted by Gasteiger charge is -2.11. The van der Waals surface area contributed by atoms with Gasteiger partial charge in [0.15, 0.2) is 27.9 Å². The number of benzene rings is 2. The molecule has 2 rings (SSSR count). The molecule has 0 aromatic heterocycles. The maximum Gasteiger partial charge on any atom is 0.340 e. The van der Waals surface area contributed by atoms with E-state index in [0.29, 0.717) is 17.2 Å². The average Bonchev–Trinajstić information content (AvgIpc) is 2.65. The predicted molar refractivity (Wildman–Crippen MR) is 103 cm³/mol. The van der Waals surface area contributed by atoms with Gasteiger partial charge in [0.25, 0.3) is 5.91 Å². The van der Waals surface area contributed by atoms with Crippen LogP contribution in [0.25, 0.3) is 0 Å². The van der Waals surface area contributed by atoms with E-state index in [1.807, 2.05) is 0 Å². The Morgan fingerprint density at radius 1 is 1.04 bits per heavy atom. The van der Waals surface area contributed by atoms with Crippen LogP contribution in [-0.2, 0) is 19.4 Å². The molecule has 0 saturated heterocycles. The van der Waals surface area contributed by atoms with Crippen molar-refractivity contribution in [3.8, 4) is 11.5 Å². The zero-order valence-electron chi connectivity index (χ0n) is 15.3. The lowest BCUT2D eigenvalue weighted by molar-refractivity contribution is -0.119. The van der Waals surface area contributed by atoms with Gasteiger partial charge in [-0.15, -0.1) is 0 Å². The van der Waals surface area contributed by atoms with Gasteiger partial charge in [0.2, 0.25) is 0 Å². The molecule has 1 N–H and O–H groups in total. The van der Waals surface area contributed by atoms with Crippen molar-refractivity contribution >= 4 is 39.0 Å². The Kier molecular flexibility index (Phi) is 6.87. The first kappa shape index (κ1) is 21.5. The van der Waals surface area contributed by atoms with Crippen LogP contribution in [0.3, 0.4) is 0 Å². The van der Waals surface area contributed by atoms with Gasteiger partial charge in [-0.1, -0.05) is 11.6 Å². The molecule has 0 spiro atoms. The van der Waals surface area contributed by atoms with Gasteiger partial charge >= 0.3 is 5.97 Å². The number of anilines is 1. The molecule has 0 unspecified atom stereocenters. The summed E-state index contributed by atoms with van der Waals surface area (Å²) < 4.78 is 38.4. The number of methoxy groups -OCH3 is 2. The Hall–Kier alpha value is -2.78. The van der Waals surface area contributed by atoms with E-state index in [1.54, 1.807) is 18.2 Å². The number of nitrogens with one attached hydrogen (secondary N) is 1. The molecular formula is C18H18ClNO7S. The maximum absolute atomic E-state index is 12.2. The number of carbonyl (C=O) groups excluding carboxylic acids is 2. The molecule has 0 radical (unpaired) electrons. The van der Waals surface area contributed by atoms with E-state index in [1.165, 1.54) is 26.4 Å². The van der Waals surface area contributed by atoms with Gasteiger partial charge in [0.1, 0.15) is 0 Å². The van der Waals surface area contributed by atoms with Crippen LogP contribution < -0.4 is 14.8 Å². The maximum atomic E-state index is 12.2. The van der Waals surface area contributed by atoms with Crippen LogP contribution in [0.4, 0.5) is 5.69 Å². The number of halogens is 1. The van der Waals surface area contributed by atoms with Gasteiger partial charge in [-0.3, -0.25) is 4.79 Å². The zero-order chi connectivity index (χ0) is 20.9. The molecular weight excluding hydrogens is 410 g/mol. The van der Waals surface area contributed by atoms with Crippen molar-refractivity contribution in [2.24, 2.45) is 0 Å². The van der Waals surface area contributed by atoms with Crippen LogP contribution in [0, 0.1) is 0 Å². The molecule has 0 atom stereocenters. The average molecular weight is 428 g/mol. The Morgan fingerprint density at radius 2 is 1.71 bits per heavy atom. The van der Waals surface area contributed by atoms with E-state index >= 15 is 0 Å². The smallest absolute Gasteiger partial charge is 0.340 e. The molecule has 150 valence electrons. The minimum absolute atomic E-state index is 0.0118. The normalized spacial score (nSPS) is 10.9. The van der Waals surface area contributed by atoms with Gasteiger partial charge in [-0.2, -0.15) is 0 Å². The number of hydrogen-bond donors (Lipinski definition) is 1. The van der Waals surface area contributed by atoms with E-state index in [4.69, 9.17) is 25.8 Å². The molecule has 2 aromatic carbocycles. The number of esters is 1. The first-order valence-electron chi connectivity index (χ1n) is 7.84. The van der Waals surface area contributed by atoms with Crippen LogP contribution in [0.5, 0.6) is 11.5 Å². The summed E-state index contributed by atoms with van der Waals surface area (Å²) in [6.07, 6.45) is 1.00. The number of sulfone groups is 1. The molecule has 0 aliphatic carbocycles. The van der Waals surface area contributed by atoms with Crippen molar-refractivity contribution in [3.05, 3.63) is 47.0 Å².